The lowest BCUT2D eigenvalue weighted by molar-refractivity contribution is 0.0276. The molecule has 1 heterocycles. The van der Waals surface area contributed by atoms with Gasteiger partial charge in [-0.05, 0) is 56.2 Å². The third kappa shape index (κ3) is 4.23. The normalized spacial score (nSPS) is 22.4. The summed E-state index contributed by atoms with van der Waals surface area (Å²) in [4.78, 5) is 14.4. The topological polar surface area (TPSA) is 49.8 Å². The molecule has 0 spiro atoms. The van der Waals surface area contributed by atoms with Crippen LogP contribution in [0.4, 0.5) is 9.18 Å². The molecule has 1 amide bonds. The molecular formula is C22H25BrFNO3. The van der Waals surface area contributed by atoms with Crippen LogP contribution in [0.15, 0.2) is 53.0 Å². The standard InChI is InChI=1S/C22H25BrFNO3/c1-21(2,3)28-20(27)25-12-19(15-4-8-17(23)9-5-15)22(13-25,14-26)16-6-10-18(24)11-7-16/h4-11,19,26H,12-14H2,1-3H3. The molecule has 0 aromatic heterocycles. The summed E-state index contributed by atoms with van der Waals surface area (Å²) in [6.07, 6.45) is -0.410. The summed E-state index contributed by atoms with van der Waals surface area (Å²) in [6.45, 7) is 6.02. The maximum atomic E-state index is 13.5. The van der Waals surface area contributed by atoms with E-state index in [0.29, 0.717) is 13.1 Å². The van der Waals surface area contributed by atoms with E-state index >= 15 is 0 Å². The SMILES string of the molecule is CC(C)(C)OC(=O)N1CC(c2ccc(Br)cc2)C(CO)(c2ccc(F)cc2)C1. The molecule has 1 N–H and O–H groups in total. The van der Waals surface area contributed by atoms with E-state index in [9.17, 15) is 14.3 Å². The van der Waals surface area contributed by atoms with Crippen molar-refractivity contribution < 1.29 is 19.0 Å². The zero-order valence-electron chi connectivity index (χ0n) is 16.3. The molecule has 150 valence electrons. The zero-order chi connectivity index (χ0) is 20.5. The molecule has 1 aliphatic rings. The molecule has 0 aliphatic carbocycles. The van der Waals surface area contributed by atoms with Gasteiger partial charge in [0.2, 0.25) is 0 Å². The summed E-state index contributed by atoms with van der Waals surface area (Å²) < 4.78 is 20.0. The van der Waals surface area contributed by atoms with Gasteiger partial charge in [0.15, 0.2) is 0 Å². The van der Waals surface area contributed by atoms with Gasteiger partial charge in [-0.1, -0.05) is 40.2 Å². The average molecular weight is 450 g/mol. The molecule has 2 atom stereocenters. The Labute approximate surface area is 173 Å². The number of carbonyl (C=O) groups excluding carboxylic acids is 1. The Morgan fingerprint density at radius 1 is 1.21 bits per heavy atom. The van der Waals surface area contributed by atoms with Gasteiger partial charge in [0.25, 0.3) is 0 Å². The Bertz CT molecular complexity index is 832. The molecule has 2 unspecified atom stereocenters. The number of aliphatic hydroxyl groups is 1. The van der Waals surface area contributed by atoms with Crippen molar-refractivity contribution in [1.82, 2.24) is 4.90 Å². The van der Waals surface area contributed by atoms with Crippen LogP contribution in [0.5, 0.6) is 0 Å². The van der Waals surface area contributed by atoms with E-state index in [4.69, 9.17) is 4.74 Å². The first-order valence-electron chi connectivity index (χ1n) is 9.25. The molecule has 0 saturated carbocycles. The van der Waals surface area contributed by atoms with Crippen LogP contribution in [0.1, 0.15) is 37.8 Å². The molecule has 28 heavy (non-hydrogen) atoms. The number of benzene rings is 2. The first-order valence-corrected chi connectivity index (χ1v) is 10.0. The number of hydrogen-bond acceptors (Lipinski definition) is 3. The smallest absolute Gasteiger partial charge is 0.410 e. The van der Waals surface area contributed by atoms with E-state index in [1.54, 1.807) is 17.0 Å². The van der Waals surface area contributed by atoms with E-state index in [0.717, 1.165) is 15.6 Å². The van der Waals surface area contributed by atoms with Gasteiger partial charge >= 0.3 is 6.09 Å². The second-order valence-corrected chi connectivity index (χ2v) is 9.20. The third-order valence-corrected chi connectivity index (χ3v) is 5.70. The minimum Gasteiger partial charge on any atom is -0.444 e. The molecule has 3 rings (SSSR count). The maximum absolute atomic E-state index is 13.5. The molecule has 1 saturated heterocycles. The van der Waals surface area contributed by atoms with Gasteiger partial charge in [0.1, 0.15) is 11.4 Å². The highest BCUT2D eigenvalue weighted by molar-refractivity contribution is 9.10. The second kappa shape index (κ2) is 7.84. The van der Waals surface area contributed by atoms with Crippen LogP contribution >= 0.6 is 15.9 Å². The van der Waals surface area contributed by atoms with Crippen molar-refractivity contribution >= 4 is 22.0 Å². The fourth-order valence-corrected chi connectivity index (χ4v) is 4.09. The zero-order valence-corrected chi connectivity index (χ0v) is 17.9. The van der Waals surface area contributed by atoms with Crippen LogP contribution < -0.4 is 0 Å². The Morgan fingerprint density at radius 3 is 2.36 bits per heavy atom. The number of likely N-dealkylation sites (tertiary alicyclic amines) is 1. The van der Waals surface area contributed by atoms with Gasteiger partial charge in [-0.15, -0.1) is 0 Å². The second-order valence-electron chi connectivity index (χ2n) is 8.29. The highest BCUT2D eigenvalue weighted by Gasteiger charge is 2.50. The molecular weight excluding hydrogens is 425 g/mol. The van der Waals surface area contributed by atoms with E-state index in [1.165, 1.54) is 12.1 Å². The van der Waals surface area contributed by atoms with Crippen LogP contribution in [0, 0.1) is 5.82 Å². The maximum Gasteiger partial charge on any atom is 0.410 e. The number of hydrogen-bond donors (Lipinski definition) is 1. The van der Waals surface area contributed by atoms with Crippen molar-refractivity contribution in [2.24, 2.45) is 0 Å². The fourth-order valence-electron chi connectivity index (χ4n) is 3.82. The first-order chi connectivity index (χ1) is 13.1. The van der Waals surface area contributed by atoms with E-state index in [-0.39, 0.29) is 18.3 Å². The number of nitrogens with zero attached hydrogens (tertiary/aromatic N) is 1. The molecule has 2 aromatic rings. The van der Waals surface area contributed by atoms with Crippen LogP contribution in [0.25, 0.3) is 0 Å². The summed E-state index contributed by atoms with van der Waals surface area (Å²) in [5.41, 5.74) is 0.464. The molecule has 0 bridgehead atoms. The molecule has 0 radical (unpaired) electrons. The van der Waals surface area contributed by atoms with E-state index in [1.807, 2.05) is 45.0 Å². The molecule has 2 aromatic carbocycles. The lowest BCUT2D eigenvalue weighted by Gasteiger charge is -2.33. The Morgan fingerprint density at radius 2 is 1.82 bits per heavy atom. The van der Waals surface area contributed by atoms with Crippen molar-refractivity contribution in [3.05, 3.63) is 69.9 Å². The van der Waals surface area contributed by atoms with Crippen molar-refractivity contribution in [1.29, 1.82) is 0 Å². The van der Waals surface area contributed by atoms with Gasteiger partial charge in [-0.2, -0.15) is 0 Å². The number of rotatable bonds is 3. The fraction of sp³-hybridized carbons (Fsp3) is 0.409. The number of aliphatic hydroxyl groups excluding tert-OH is 1. The molecule has 6 heteroatoms. The Kier molecular flexibility index (Phi) is 5.82. The van der Waals surface area contributed by atoms with Crippen molar-refractivity contribution in [2.75, 3.05) is 19.7 Å². The van der Waals surface area contributed by atoms with Crippen LogP contribution in [0.2, 0.25) is 0 Å². The monoisotopic (exact) mass is 449 g/mol. The summed E-state index contributed by atoms with van der Waals surface area (Å²) in [7, 11) is 0. The minimum atomic E-state index is -0.738. The molecule has 4 nitrogen and oxygen atoms in total. The Balaban J connectivity index is 2.03. The van der Waals surface area contributed by atoms with Crippen molar-refractivity contribution in [3.63, 3.8) is 0 Å². The van der Waals surface area contributed by atoms with Crippen molar-refractivity contribution in [3.8, 4) is 0 Å². The lowest BCUT2D eigenvalue weighted by Crippen LogP contribution is -2.40. The molecule has 1 aliphatic heterocycles. The summed E-state index contributed by atoms with van der Waals surface area (Å²) >= 11 is 3.45. The predicted molar refractivity (Wildman–Crippen MR) is 110 cm³/mol. The van der Waals surface area contributed by atoms with Crippen LogP contribution in [-0.2, 0) is 10.2 Å². The highest BCUT2D eigenvalue weighted by atomic mass is 79.9. The number of carbonyl (C=O) groups is 1. The average Bonchev–Trinajstić information content (AvgIpc) is 3.03. The first kappa shape index (κ1) is 20.8. The van der Waals surface area contributed by atoms with Crippen LogP contribution in [-0.4, -0.2) is 41.4 Å². The van der Waals surface area contributed by atoms with Crippen molar-refractivity contribution in [2.45, 2.75) is 37.7 Å². The predicted octanol–water partition coefficient (Wildman–Crippen LogP) is 4.85. The van der Waals surface area contributed by atoms with Gasteiger partial charge in [-0.25, -0.2) is 9.18 Å². The third-order valence-electron chi connectivity index (χ3n) is 5.17. The highest BCUT2D eigenvalue weighted by Crippen LogP contribution is 2.45. The molecule has 1 fully saturated rings. The number of ether oxygens (including phenoxy) is 1. The Hall–Kier alpha value is -1.92. The van der Waals surface area contributed by atoms with E-state index in [2.05, 4.69) is 15.9 Å². The summed E-state index contributed by atoms with van der Waals surface area (Å²) in [5, 5.41) is 10.5. The number of halogens is 2. The quantitative estimate of drug-likeness (QED) is 0.727. The van der Waals surface area contributed by atoms with Gasteiger partial charge in [-0.3, -0.25) is 0 Å². The van der Waals surface area contributed by atoms with Gasteiger partial charge in [0.05, 0.1) is 6.61 Å². The van der Waals surface area contributed by atoms with Gasteiger partial charge in [0, 0.05) is 28.9 Å². The number of amides is 1. The lowest BCUT2D eigenvalue weighted by atomic mass is 9.70. The van der Waals surface area contributed by atoms with Crippen LogP contribution in [0.3, 0.4) is 0 Å². The minimum absolute atomic E-state index is 0.149. The summed E-state index contributed by atoms with van der Waals surface area (Å²) in [6, 6.07) is 14.0. The van der Waals surface area contributed by atoms with E-state index < -0.39 is 17.1 Å². The largest absolute Gasteiger partial charge is 0.444 e. The summed E-state index contributed by atoms with van der Waals surface area (Å²) in [5.74, 6) is -0.484. The van der Waals surface area contributed by atoms with Gasteiger partial charge < -0.3 is 14.7 Å².